The molecule has 80 valence electrons. The van der Waals surface area contributed by atoms with Crippen LogP contribution in [0.3, 0.4) is 0 Å². The number of nitrogens with two attached hydrogens (primary N) is 1. The van der Waals surface area contributed by atoms with Crippen LogP contribution in [0.4, 0.5) is 17.1 Å². The van der Waals surface area contributed by atoms with E-state index in [0.29, 0.717) is 0 Å². The average Bonchev–Trinajstić information content (AvgIpc) is 2.20. The van der Waals surface area contributed by atoms with Crippen molar-refractivity contribution >= 4 is 23.0 Å². The second-order valence-corrected chi connectivity index (χ2v) is 2.74. The van der Waals surface area contributed by atoms with Crippen LogP contribution in [0, 0.1) is 10.1 Å². The Balaban J connectivity index is 2.97. The molecule has 0 bridgehead atoms. The summed E-state index contributed by atoms with van der Waals surface area (Å²) in [5.74, 6) is -0.644. The van der Waals surface area contributed by atoms with Crippen LogP contribution in [0.2, 0.25) is 0 Å². The van der Waals surface area contributed by atoms with Crippen molar-refractivity contribution in [3.63, 3.8) is 0 Å². The molecule has 0 aliphatic carbocycles. The van der Waals surface area contributed by atoms with Gasteiger partial charge in [0.1, 0.15) is 12.3 Å². The van der Waals surface area contributed by atoms with Crippen LogP contribution in [0.15, 0.2) is 18.2 Å². The molecule has 0 radical (unpaired) electrons. The highest BCUT2D eigenvalue weighted by Gasteiger charge is 2.12. The predicted molar refractivity (Wildman–Crippen MR) is 53.2 cm³/mol. The van der Waals surface area contributed by atoms with Crippen LogP contribution >= 0.6 is 0 Å². The lowest BCUT2D eigenvalue weighted by Gasteiger charge is -2.03. The van der Waals surface area contributed by atoms with Crippen molar-refractivity contribution in [2.75, 3.05) is 17.7 Å². The number of rotatable bonds is 3. The van der Waals surface area contributed by atoms with E-state index in [9.17, 15) is 14.9 Å². The monoisotopic (exact) mass is 211 g/mol. The van der Waals surface area contributed by atoms with Crippen molar-refractivity contribution in [3.05, 3.63) is 28.3 Å². The molecule has 7 nitrogen and oxygen atoms in total. The minimum atomic E-state index is -0.682. The zero-order valence-electron chi connectivity index (χ0n) is 7.64. The number of hydrogen-bond acceptors (Lipinski definition) is 5. The number of carbonyl (C=O) groups excluding carboxylic acids is 1. The van der Waals surface area contributed by atoms with Crippen LogP contribution in [0.1, 0.15) is 0 Å². The van der Waals surface area contributed by atoms with E-state index >= 15 is 0 Å². The first-order valence-electron chi connectivity index (χ1n) is 3.99. The van der Waals surface area contributed by atoms with E-state index in [1.807, 2.05) is 0 Å². The zero-order valence-corrected chi connectivity index (χ0v) is 7.64. The number of aliphatic hydroxyl groups excluding tert-OH is 1. The number of nitro groups is 1. The molecule has 15 heavy (non-hydrogen) atoms. The molecule has 1 aromatic rings. The van der Waals surface area contributed by atoms with Gasteiger partial charge in [-0.2, -0.15) is 0 Å². The van der Waals surface area contributed by atoms with Crippen molar-refractivity contribution in [1.29, 1.82) is 0 Å². The second kappa shape index (κ2) is 4.38. The number of aliphatic hydroxyl groups is 1. The first kappa shape index (κ1) is 10.9. The Morgan fingerprint density at radius 3 is 2.80 bits per heavy atom. The molecule has 0 saturated carbocycles. The summed E-state index contributed by atoms with van der Waals surface area (Å²) in [6, 6.07) is 3.85. The van der Waals surface area contributed by atoms with Crippen LogP contribution < -0.4 is 11.1 Å². The Morgan fingerprint density at radius 1 is 1.60 bits per heavy atom. The van der Waals surface area contributed by atoms with Crippen molar-refractivity contribution in [2.45, 2.75) is 0 Å². The van der Waals surface area contributed by atoms with Crippen molar-refractivity contribution in [2.24, 2.45) is 0 Å². The molecule has 4 N–H and O–H groups in total. The quantitative estimate of drug-likeness (QED) is 0.372. The van der Waals surface area contributed by atoms with Gasteiger partial charge in [-0.3, -0.25) is 14.9 Å². The molecular weight excluding hydrogens is 202 g/mol. The van der Waals surface area contributed by atoms with Gasteiger partial charge < -0.3 is 16.2 Å². The second-order valence-electron chi connectivity index (χ2n) is 2.74. The summed E-state index contributed by atoms with van der Waals surface area (Å²) >= 11 is 0. The van der Waals surface area contributed by atoms with Gasteiger partial charge >= 0.3 is 0 Å². The van der Waals surface area contributed by atoms with Gasteiger partial charge in [0, 0.05) is 11.8 Å². The maximum absolute atomic E-state index is 10.8. The number of nitrogens with one attached hydrogen (secondary N) is 1. The van der Waals surface area contributed by atoms with Gasteiger partial charge in [0.05, 0.1) is 4.92 Å². The number of anilines is 2. The van der Waals surface area contributed by atoms with E-state index in [1.54, 1.807) is 0 Å². The van der Waals surface area contributed by atoms with Crippen LogP contribution in [0.5, 0.6) is 0 Å². The van der Waals surface area contributed by atoms with Gasteiger partial charge in [-0.15, -0.1) is 0 Å². The Morgan fingerprint density at radius 2 is 2.27 bits per heavy atom. The number of nitrogens with zero attached hydrogens (tertiary/aromatic N) is 1. The van der Waals surface area contributed by atoms with Gasteiger partial charge in [-0.25, -0.2) is 0 Å². The molecule has 0 heterocycles. The van der Waals surface area contributed by atoms with Gasteiger partial charge in [0.25, 0.3) is 5.69 Å². The van der Waals surface area contributed by atoms with Crippen molar-refractivity contribution in [3.8, 4) is 0 Å². The van der Waals surface area contributed by atoms with Gasteiger partial charge in [0.15, 0.2) is 0 Å². The SMILES string of the molecule is Nc1ccc(NC(=O)CO)cc1[N+](=O)[O-]. The molecule has 0 aliphatic heterocycles. The number of amides is 1. The molecule has 0 unspecified atom stereocenters. The zero-order chi connectivity index (χ0) is 11.4. The molecule has 0 spiro atoms. The number of carbonyl (C=O) groups is 1. The highest BCUT2D eigenvalue weighted by molar-refractivity contribution is 5.92. The first-order valence-corrected chi connectivity index (χ1v) is 3.99. The Kier molecular flexibility index (Phi) is 3.19. The minimum Gasteiger partial charge on any atom is -0.393 e. The third-order valence-electron chi connectivity index (χ3n) is 1.65. The smallest absolute Gasteiger partial charge is 0.294 e. The average molecular weight is 211 g/mol. The van der Waals surface area contributed by atoms with Crippen LogP contribution in [0.25, 0.3) is 0 Å². The Hall–Kier alpha value is -2.15. The fraction of sp³-hybridized carbons (Fsp3) is 0.125. The molecule has 0 aromatic heterocycles. The van der Waals surface area contributed by atoms with E-state index in [1.165, 1.54) is 12.1 Å². The summed E-state index contributed by atoms with van der Waals surface area (Å²) in [7, 11) is 0. The predicted octanol–water partition coefficient (Wildman–Crippen LogP) is 0.108. The van der Waals surface area contributed by atoms with E-state index in [2.05, 4.69) is 5.32 Å². The summed E-state index contributed by atoms with van der Waals surface area (Å²) < 4.78 is 0. The topological polar surface area (TPSA) is 118 Å². The summed E-state index contributed by atoms with van der Waals surface area (Å²) in [4.78, 5) is 20.6. The Bertz CT molecular complexity index is 405. The highest BCUT2D eigenvalue weighted by atomic mass is 16.6. The van der Waals surface area contributed by atoms with E-state index in [-0.39, 0.29) is 17.1 Å². The molecule has 0 fully saturated rings. The summed E-state index contributed by atoms with van der Waals surface area (Å²) in [5.41, 5.74) is 5.30. The van der Waals surface area contributed by atoms with Crippen LogP contribution in [-0.4, -0.2) is 22.5 Å². The summed E-state index contributed by atoms with van der Waals surface area (Å²) in [5, 5.41) is 21.2. The lowest BCUT2D eigenvalue weighted by atomic mass is 10.2. The number of benzene rings is 1. The highest BCUT2D eigenvalue weighted by Crippen LogP contribution is 2.24. The van der Waals surface area contributed by atoms with Gasteiger partial charge in [0.2, 0.25) is 5.91 Å². The maximum Gasteiger partial charge on any atom is 0.294 e. The van der Waals surface area contributed by atoms with Crippen LogP contribution in [-0.2, 0) is 4.79 Å². The van der Waals surface area contributed by atoms with E-state index in [0.717, 1.165) is 6.07 Å². The normalized spacial score (nSPS) is 9.67. The van der Waals surface area contributed by atoms with Gasteiger partial charge in [-0.05, 0) is 12.1 Å². The molecule has 1 aromatic carbocycles. The largest absolute Gasteiger partial charge is 0.393 e. The fourth-order valence-corrected chi connectivity index (χ4v) is 0.980. The third-order valence-corrected chi connectivity index (χ3v) is 1.65. The summed E-state index contributed by atoms with van der Waals surface area (Å²) in [6.45, 7) is -0.682. The van der Waals surface area contributed by atoms with Crippen molar-refractivity contribution in [1.82, 2.24) is 0 Å². The van der Waals surface area contributed by atoms with Gasteiger partial charge in [-0.1, -0.05) is 0 Å². The lowest BCUT2D eigenvalue weighted by Crippen LogP contribution is -2.15. The molecule has 1 rings (SSSR count). The molecule has 0 aliphatic rings. The standard InChI is InChI=1S/C8H9N3O4/c9-6-2-1-5(10-8(13)4-12)3-7(6)11(14)15/h1-3,12H,4,9H2,(H,10,13). The molecule has 7 heteroatoms. The molecule has 0 saturated heterocycles. The number of hydrogen-bond donors (Lipinski definition) is 3. The maximum atomic E-state index is 10.8. The summed E-state index contributed by atoms with van der Waals surface area (Å²) in [6.07, 6.45) is 0. The number of nitro benzene ring substituents is 1. The molecular formula is C8H9N3O4. The van der Waals surface area contributed by atoms with Crippen molar-refractivity contribution < 1.29 is 14.8 Å². The molecule has 0 atom stereocenters. The van der Waals surface area contributed by atoms with E-state index < -0.39 is 17.4 Å². The number of nitrogen functional groups attached to an aromatic ring is 1. The lowest BCUT2D eigenvalue weighted by molar-refractivity contribution is -0.383. The minimum absolute atomic E-state index is 0.0157. The first-order chi connectivity index (χ1) is 7.04. The Labute approximate surface area is 84.7 Å². The fourth-order valence-electron chi connectivity index (χ4n) is 0.980. The molecule has 1 amide bonds. The third kappa shape index (κ3) is 2.64. The van der Waals surface area contributed by atoms with E-state index in [4.69, 9.17) is 10.8 Å².